The molecule has 6 heteroatoms. The average Bonchev–Trinajstić information content (AvgIpc) is 2.65. The summed E-state index contributed by atoms with van der Waals surface area (Å²) in [5.74, 6) is -0.127. The molecule has 1 heterocycles. The number of piperidine rings is 1. The Morgan fingerprint density at radius 3 is 2.12 bits per heavy atom. The average molecular weight is 397 g/mol. The molecule has 1 N–H and O–H groups in total. The van der Waals surface area contributed by atoms with Gasteiger partial charge < -0.3 is 10.2 Å². The Bertz CT molecular complexity index is 670. The van der Waals surface area contributed by atoms with E-state index in [2.05, 4.69) is 5.32 Å². The lowest BCUT2D eigenvalue weighted by atomic mass is 9.92. The van der Waals surface area contributed by atoms with Crippen LogP contribution < -0.4 is 5.32 Å². The Morgan fingerprint density at radius 2 is 1.58 bits per heavy atom. The van der Waals surface area contributed by atoms with Gasteiger partial charge in [0, 0.05) is 18.0 Å². The summed E-state index contributed by atoms with van der Waals surface area (Å²) >= 11 is 6.01. The third kappa shape index (κ3) is 4.76. The predicted molar refractivity (Wildman–Crippen MR) is 105 cm³/mol. The minimum Gasteiger partial charge on any atom is -0.334 e. The molecule has 1 aliphatic heterocycles. The summed E-state index contributed by atoms with van der Waals surface area (Å²) in [7, 11) is 1.83. The van der Waals surface area contributed by atoms with Gasteiger partial charge in [0.05, 0.1) is 6.04 Å². The van der Waals surface area contributed by atoms with Gasteiger partial charge in [0.15, 0.2) is 0 Å². The molecule has 3 nitrogen and oxygen atoms in total. The van der Waals surface area contributed by atoms with Crippen LogP contribution in [0.2, 0.25) is 5.02 Å². The van der Waals surface area contributed by atoms with Gasteiger partial charge in [-0.25, -0.2) is 4.39 Å². The SMILES string of the molecule is CN(C(=O)C1CCNCC1)C(c1ccc(F)cc1)c1ccc(Cl)cc1.Cl. The highest BCUT2D eigenvalue weighted by Gasteiger charge is 2.29. The van der Waals surface area contributed by atoms with Crippen molar-refractivity contribution in [2.24, 2.45) is 5.92 Å². The Hall–Kier alpha value is -1.62. The minimum atomic E-state index is -0.286. The molecule has 140 valence electrons. The predicted octanol–water partition coefficient (Wildman–Crippen LogP) is 4.45. The van der Waals surface area contributed by atoms with Crippen LogP contribution in [0.1, 0.15) is 30.0 Å². The van der Waals surface area contributed by atoms with Gasteiger partial charge in [0.2, 0.25) is 5.91 Å². The van der Waals surface area contributed by atoms with Gasteiger partial charge in [-0.2, -0.15) is 0 Å². The highest BCUT2D eigenvalue weighted by Crippen LogP contribution is 2.31. The molecular formula is C20H23Cl2FN2O. The van der Waals surface area contributed by atoms with E-state index in [1.54, 1.807) is 17.0 Å². The maximum absolute atomic E-state index is 13.4. The van der Waals surface area contributed by atoms with E-state index in [-0.39, 0.29) is 36.1 Å². The van der Waals surface area contributed by atoms with Gasteiger partial charge in [-0.3, -0.25) is 4.79 Å². The van der Waals surface area contributed by atoms with E-state index in [0.717, 1.165) is 37.1 Å². The zero-order valence-electron chi connectivity index (χ0n) is 14.6. The number of carbonyl (C=O) groups is 1. The number of halogens is 3. The summed E-state index contributed by atoms with van der Waals surface area (Å²) in [5, 5.41) is 3.93. The lowest BCUT2D eigenvalue weighted by Crippen LogP contribution is -2.41. The van der Waals surface area contributed by atoms with E-state index < -0.39 is 0 Å². The number of amides is 1. The summed E-state index contributed by atoms with van der Waals surface area (Å²) in [5.41, 5.74) is 1.84. The molecule has 0 aromatic heterocycles. The largest absolute Gasteiger partial charge is 0.334 e. The van der Waals surface area contributed by atoms with Crippen molar-refractivity contribution in [2.75, 3.05) is 20.1 Å². The summed E-state index contributed by atoms with van der Waals surface area (Å²) < 4.78 is 13.4. The number of carbonyl (C=O) groups excluding carboxylic acids is 1. The molecule has 1 amide bonds. The molecule has 1 unspecified atom stereocenters. The molecule has 26 heavy (non-hydrogen) atoms. The monoisotopic (exact) mass is 396 g/mol. The Kier molecular flexibility index (Phi) is 7.44. The number of nitrogens with zero attached hydrogens (tertiary/aromatic N) is 1. The summed E-state index contributed by atoms with van der Waals surface area (Å²) in [4.78, 5) is 14.8. The Balaban J connectivity index is 0.00000243. The highest BCUT2D eigenvalue weighted by molar-refractivity contribution is 6.30. The topological polar surface area (TPSA) is 32.3 Å². The van der Waals surface area contributed by atoms with Crippen molar-refractivity contribution in [3.8, 4) is 0 Å². The maximum Gasteiger partial charge on any atom is 0.226 e. The molecular weight excluding hydrogens is 374 g/mol. The molecule has 0 aliphatic carbocycles. The van der Waals surface area contributed by atoms with Gasteiger partial charge in [0.1, 0.15) is 5.82 Å². The maximum atomic E-state index is 13.4. The summed E-state index contributed by atoms with van der Waals surface area (Å²) in [6, 6.07) is 13.5. The zero-order valence-corrected chi connectivity index (χ0v) is 16.2. The van der Waals surface area contributed by atoms with Gasteiger partial charge in [-0.05, 0) is 61.3 Å². The molecule has 2 aromatic rings. The smallest absolute Gasteiger partial charge is 0.226 e. The van der Waals surface area contributed by atoms with E-state index in [9.17, 15) is 9.18 Å². The number of rotatable bonds is 4. The van der Waals surface area contributed by atoms with Crippen LogP contribution in [0.15, 0.2) is 48.5 Å². The molecule has 1 aliphatic rings. The third-order valence-electron chi connectivity index (χ3n) is 4.79. The van der Waals surface area contributed by atoms with Crippen LogP contribution >= 0.6 is 24.0 Å². The normalized spacial score (nSPS) is 15.8. The van der Waals surface area contributed by atoms with E-state index >= 15 is 0 Å². The molecule has 3 rings (SSSR count). The highest BCUT2D eigenvalue weighted by atomic mass is 35.5. The van der Waals surface area contributed by atoms with Crippen molar-refractivity contribution in [1.82, 2.24) is 10.2 Å². The van der Waals surface area contributed by atoms with Gasteiger partial charge in [-0.1, -0.05) is 35.9 Å². The third-order valence-corrected chi connectivity index (χ3v) is 5.05. The van der Waals surface area contributed by atoms with Crippen LogP contribution in [-0.4, -0.2) is 30.9 Å². The number of benzene rings is 2. The number of hydrogen-bond acceptors (Lipinski definition) is 2. The molecule has 0 radical (unpaired) electrons. The zero-order chi connectivity index (χ0) is 17.8. The quantitative estimate of drug-likeness (QED) is 0.827. The first-order chi connectivity index (χ1) is 12.1. The van der Waals surface area contributed by atoms with Crippen LogP contribution in [-0.2, 0) is 4.79 Å². The Labute approximate surface area is 164 Å². The fourth-order valence-electron chi connectivity index (χ4n) is 3.41. The number of hydrogen-bond donors (Lipinski definition) is 1. The van der Waals surface area contributed by atoms with Crippen molar-refractivity contribution < 1.29 is 9.18 Å². The lowest BCUT2D eigenvalue weighted by molar-refractivity contribution is -0.136. The molecule has 0 spiro atoms. The standard InChI is InChI=1S/C20H22ClFN2O.ClH/c1-24(20(25)16-10-12-23-13-11-16)19(14-2-6-17(21)7-3-14)15-4-8-18(22)9-5-15;/h2-9,16,19,23H,10-13H2,1H3;1H. The molecule has 2 aromatic carbocycles. The van der Waals surface area contributed by atoms with Crippen molar-refractivity contribution in [1.29, 1.82) is 0 Å². The fourth-order valence-corrected chi connectivity index (χ4v) is 3.54. The lowest BCUT2D eigenvalue weighted by Gasteiger charge is -2.33. The second-order valence-electron chi connectivity index (χ2n) is 6.48. The molecule has 1 saturated heterocycles. The molecule has 0 saturated carbocycles. The van der Waals surface area contributed by atoms with Crippen LogP contribution in [0, 0.1) is 11.7 Å². The van der Waals surface area contributed by atoms with Crippen LogP contribution in [0.4, 0.5) is 4.39 Å². The number of nitrogens with one attached hydrogen (secondary N) is 1. The second kappa shape index (κ2) is 9.36. The van der Waals surface area contributed by atoms with E-state index in [0.29, 0.717) is 5.02 Å². The first-order valence-corrected chi connectivity index (χ1v) is 8.92. The van der Waals surface area contributed by atoms with E-state index in [1.165, 1.54) is 12.1 Å². The summed E-state index contributed by atoms with van der Waals surface area (Å²) in [6.07, 6.45) is 1.69. The first-order valence-electron chi connectivity index (χ1n) is 8.54. The van der Waals surface area contributed by atoms with Crippen molar-refractivity contribution in [3.05, 3.63) is 70.5 Å². The van der Waals surface area contributed by atoms with Crippen LogP contribution in [0.3, 0.4) is 0 Å². The van der Waals surface area contributed by atoms with Crippen LogP contribution in [0.25, 0.3) is 0 Å². The molecule has 1 fully saturated rings. The van der Waals surface area contributed by atoms with Crippen LogP contribution in [0.5, 0.6) is 0 Å². The van der Waals surface area contributed by atoms with Crippen molar-refractivity contribution in [3.63, 3.8) is 0 Å². The van der Waals surface area contributed by atoms with Gasteiger partial charge >= 0.3 is 0 Å². The summed E-state index contributed by atoms with van der Waals surface area (Å²) in [6.45, 7) is 1.73. The Morgan fingerprint density at radius 1 is 1.08 bits per heavy atom. The van der Waals surface area contributed by atoms with Gasteiger partial charge in [-0.15, -0.1) is 12.4 Å². The van der Waals surface area contributed by atoms with E-state index in [4.69, 9.17) is 11.6 Å². The van der Waals surface area contributed by atoms with Crippen molar-refractivity contribution in [2.45, 2.75) is 18.9 Å². The minimum absolute atomic E-state index is 0. The molecule has 1 atom stereocenters. The van der Waals surface area contributed by atoms with Gasteiger partial charge in [0.25, 0.3) is 0 Å². The fraction of sp³-hybridized carbons (Fsp3) is 0.350. The second-order valence-corrected chi connectivity index (χ2v) is 6.92. The van der Waals surface area contributed by atoms with Crippen molar-refractivity contribution >= 4 is 29.9 Å². The van der Waals surface area contributed by atoms with E-state index in [1.807, 2.05) is 31.3 Å². The molecule has 0 bridgehead atoms. The first kappa shape index (κ1) is 20.7.